The van der Waals surface area contributed by atoms with Crippen LogP contribution in [0.5, 0.6) is 0 Å². The molecule has 5 nitrogen and oxygen atoms in total. The number of hydrogen-bond acceptors (Lipinski definition) is 4. The van der Waals surface area contributed by atoms with Crippen LogP contribution < -0.4 is 5.32 Å². The van der Waals surface area contributed by atoms with Crippen LogP contribution in [0, 0.1) is 5.82 Å². The molecule has 0 fully saturated rings. The number of aromatic nitrogens is 3. The maximum absolute atomic E-state index is 13.8. The van der Waals surface area contributed by atoms with Crippen molar-refractivity contribution in [3.8, 4) is 5.69 Å². The highest BCUT2D eigenvalue weighted by molar-refractivity contribution is 7.99. The largest absolute Gasteiger partial charge is 0.345 e. The number of amides is 1. The van der Waals surface area contributed by atoms with Gasteiger partial charge in [-0.3, -0.25) is 9.36 Å². The lowest BCUT2D eigenvalue weighted by Gasteiger charge is -2.11. The number of halogens is 2. The van der Waals surface area contributed by atoms with Gasteiger partial charge >= 0.3 is 0 Å². The van der Waals surface area contributed by atoms with E-state index in [1.165, 1.54) is 12.1 Å². The van der Waals surface area contributed by atoms with E-state index in [0.717, 1.165) is 17.9 Å². The second-order valence-corrected chi connectivity index (χ2v) is 7.22. The van der Waals surface area contributed by atoms with Crippen LogP contribution >= 0.6 is 23.4 Å². The normalized spacial score (nSPS) is 10.8. The van der Waals surface area contributed by atoms with Crippen molar-refractivity contribution >= 4 is 29.3 Å². The fraction of sp³-hybridized carbons (Fsp3) is 0.211. The minimum Gasteiger partial charge on any atom is -0.345 e. The molecule has 27 heavy (non-hydrogen) atoms. The van der Waals surface area contributed by atoms with E-state index in [1.54, 1.807) is 30.0 Å². The summed E-state index contributed by atoms with van der Waals surface area (Å²) < 4.78 is 15.6. The lowest BCUT2D eigenvalue weighted by atomic mass is 10.2. The summed E-state index contributed by atoms with van der Waals surface area (Å²) in [5, 5.41) is 12.5. The van der Waals surface area contributed by atoms with Gasteiger partial charge in [0.1, 0.15) is 5.82 Å². The Morgan fingerprint density at radius 1 is 1.22 bits per heavy atom. The van der Waals surface area contributed by atoms with Crippen molar-refractivity contribution < 1.29 is 9.18 Å². The highest BCUT2D eigenvalue weighted by Crippen LogP contribution is 2.24. The molecule has 0 aliphatic carbocycles. The molecule has 0 aliphatic heterocycles. The standard InChI is InChI=1S/C19H18ClFN4OS/c1-2-10-27-19-24-23-17(25(19)14-7-5-6-13(20)11-14)12-22-18(26)15-8-3-4-9-16(15)21/h3-9,11H,2,10,12H2,1H3,(H,22,26). The van der Waals surface area contributed by atoms with Crippen molar-refractivity contribution in [2.45, 2.75) is 25.0 Å². The molecular weight excluding hydrogens is 387 g/mol. The molecule has 2 aromatic carbocycles. The third-order valence-corrected chi connectivity index (χ3v) is 5.10. The number of hydrogen-bond donors (Lipinski definition) is 1. The van der Waals surface area contributed by atoms with Crippen molar-refractivity contribution in [3.63, 3.8) is 0 Å². The first kappa shape index (κ1) is 19.4. The van der Waals surface area contributed by atoms with Crippen LogP contribution in [0.2, 0.25) is 5.02 Å². The van der Waals surface area contributed by atoms with E-state index in [0.29, 0.717) is 16.0 Å². The molecular formula is C19H18ClFN4OS. The predicted molar refractivity (Wildman–Crippen MR) is 105 cm³/mol. The van der Waals surface area contributed by atoms with Crippen LogP contribution in [0.4, 0.5) is 4.39 Å². The Balaban J connectivity index is 1.86. The van der Waals surface area contributed by atoms with Gasteiger partial charge in [0.2, 0.25) is 0 Å². The summed E-state index contributed by atoms with van der Waals surface area (Å²) in [5.74, 6) is 0.364. The maximum atomic E-state index is 13.8. The van der Waals surface area contributed by atoms with Crippen LogP contribution in [-0.2, 0) is 6.54 Å². The van der Waals surface area contributed by atoms with Crippen molar-refractivity contribution in [2.24, 2.45) is 0 Å². The molecule has 0 saturated carbocycles. The van der Waals surface area contributed by atoms with Crippen LogP contribution in [0.25, 0.3) is 5.69 Å². The Morgan fingerprint density at radius 2 is 2.04 bits per heavy atom. The van der Waals surface area contributed by atoms with Crippen molar-refractivity contribution in [2.75, 3.05) is 5.75 Å². The van der Waals surface area contributed by atoms with Gasteiger partial charge in [-0.15, -0.1) is 10.2 Å². The van der Waals surface area contributed by atoms with Crippen LogP contribution in [-0.4, -0.2) is 26.4 Å². The summed E-state index contributed by atoms with van der Waals surface area (Å²) in [7, 11) is 0. The van der Waals surface area contributed by atoms with Gasteiger partial charge in [-0.25, -0.2) is 4.39 Å². The quantitative estimate of drug-likeness (QED) is 0.589. The molecule has 1 N–H and O–H groups in total. The molecule has 0 aliphatic rings. The van der Waals surface area contributed by atoms with Gasteiger partial charge in [0, 0.05) is 10.8 Å². The first-order chi connectivity index (χ1) is 13.1. The summed E-state index contributed by atoms with van der Waals surface area (Å²) in [6.45, 7) is 2.20. The van der Waals surface area contributed by atoms with E-state index in [4.69, 9.17) is 11.6 Å². The molecule has 1 heterocycles. The summed E-state index contributed by atoms with van der Waals surface area (Å²) in [6.07, 6.45) is 0.992. The Kier molecular flexibility index (Phi) is 6.47. The van der Waals surface area contributed by atoms with E-state index in [1.807, 2.05) is 22.8 Å². The molecule has 0 atom stereocenters. The zero-order valence-electron chi connectivity index (χ0n) is 14.7. The molecule has 0 saturated heterocycles. The lowest BCUT2D eigenvalue weighted by molar-refractivity contribution is 0.0945. The number of carbonyl (C=O) groups excluding carboxylic acids is 1. The van der Waals surface area contributed by atoms with Crippen LogP contribution in [0.3, 0.4) is 0 Å². The number of benzene rings is 2. The van der Waals surface area contributed by atoms with E-state index in [2.05, 4.69) is 22.4 Å². The summed E-state index contributed by atoms with van der Waals surface area (Å²) in [5.41, 5.74) is 0.799. The van der Waals surface area contributed by atoms with E-state index < -0.39 is 11.7 Å². The minimum atomic E-state index is -0.564. The van der Waals surface area contributed by atoms with Crippen LogP contribution in [0.1, 0.15) is 29.5 Å². The number of nitrogens with one attached hydrogen (secondary N) is 1. The fourth-order valence-electron chi connectivity index (χ4n) is 2.48. The van der Waals surface area contributed by atoms with Crippen molar-refractivity contribution in [1.29, 1.82) is 0 Å². The first-order valence-electron chi connectivity index (χ1n) is 8.46. The number of rotatable bonds is 7. The average molecular weight is 405 g/mol. The Morgan fingerprint density at radius 3 is 2.78 bits per heavy atom. The molecule has 1 aromatic heterocycles. The third kappa shape index (κ3) is 4.67. The summed E-state index contributed by atoms with van der Waals surface area (Å²) in [6, 6.07) is 13.2. The van der Waals surface area contributed by atoms with E-state index in [-0.39, 0.29) is 12.1 Å². The van der Waals surface area contributed by atoms with Gasteiger partial charge in [0.05, 0.1) is 17.8 Å². The van der Waals surface area contributed by atoms with Gasteiger partial charge in [0.25, 0.3) is 5.91 Å². The number of carbonyl (C=O) groups is 1. The predicted octanol–water partition coefficient (Wildman–Crippen LogP) is 4.49. The summed E-state index contributed by atoms with van der Waals surface area (Å²) in [4.78, 5) is 12.3. The Labute approximate surface area is 166 Å². The molecule has 1 amide bonds. The average Bonchev–Trinajstić information content (AvgIpc) is 3.07. The van der Waals surface area contributed by atoms with Gasteiger partial charge in [-0.1, -0.05) is 48.5 Å². The second-order valence-electron chi connectivity index (χ2n) is 5.73. The maximum Gasteiger partial charge on any atom is 0.254 e. The van der Waals surface area contributed by atoms with Gasteiger partial charge < -0.3 is 5.32 Å². The molecule has 140 valence electrons. The minimum absolute atomic E-state index is 0.00750. The molecule has 0 unspecified atom stereocenters. The monoisotopic (exact) mass is 404 g/mol. The molecule has 3 rings (SSSR count). The van der Waals surface area contributed by atoms with Gasteiger partial charge in [0.15, 0.2) is 11.0 Å². The number of thioether (sulfide) groups is 1. The lowest BCUT2D eigenvalue weighted by Crippen LogP contribution is -2.25. The zero-order chi connectivity index (χ0) is 19.2. The zero-order valence-corrected chi connectivity index (χ0v) is 16.2. The molecule has 0 bridgehead atoms. The third-order valence-electron chi connectivity index (χ3n) is 3.73. The molecule has 0 spiro atoms. The summed E-state index contributed by atoms with van der Waals surface area (Å²) >= 11 is 7.70. The van der Waals surface area contributed by atoms with Crippen molar-refractivity contribution in [3.05, 3.63) is 70.8 Å². The Bertz CT molecular complexity index is 947. The second kappa shape index (κ2) is 9.01. The SMILES string of the molecule is CCCSc1nnc(CNC(=O)c2ccccc2F)n1-c1cccc(Cl)c1. The fourth-order valence-corrected chi connectivity index (χ4v) is 3.49. The number of nitrogens with zero attached hydrogens (tertiary/aromatic N) is 3. The highest BCUT2D eigenvalue weighted by atomic mass is 35.5. The highest BCUT2D eigenvalue weighted by Gasteiger charge is 2.17. The van der Waals surface area contributed by atoms with Crippen molar-refractivity contribution in [1.82, 2.24) is 20.1 Å². The molecule has 3 aromatic rings. The van der Waals surface area contributed by atoms with Gasteiger partial charge in [-0.05, 0) is 36.8 Å². The molecule has 0 radical (unpaired) electrons. The molecule has 8 heteroatoms. The Hall–Kier alpha value is -2.38. The first-order valence-corrected chi connectivity index (χ1v) is 9.82. The smallest absolute Gasteiger partial charge is 0.254 e. The van der Waals surface area contributed by atoms with Crippen LogP contribution in [0.15, 0.2) is 53.7 Å². The van der Waals surface area contributed by atoms with E-state index >= 15 is 0 Å². The van der Waals surface area contributed by atoms with E-state index in [9.17, 15) is 9.18 Å². The van der Waals surface area contributed by atoms with Gasteiger partial charge in [-0.2, -0.15) is 0 Å². The topological polar surface area (TPSA) is 59.8 Å².